The van der Waals surface area contributed by atoms with Crippen molar-refractivity contribution >= 4 is 71.6 Å². The third-order valence-electron chi connectivity index (χ3n) is 13.4. The zero-order valence-electron chi connectivity index (χ0n) is 36.6. The second-order valence-corrected chi connectivity index (χ2v) is 17.3. The molecule has 0 radical (unpaired) electrons. The highest BCUT2D eigenvalue weighted by Gasteiger charge is 2.20. The van der Waals surface area contributed by atoms with Gasteiger partial charge in [0.25, 0.3) is 0 Å². The van der Waals surface area contributed by atoms with Crippen molar-refractivity contribution in [3.8, 4) is 50.2 Å². The standard InChI is InChI=1S/C64H42N2O/c1-2-14-46(15-3-1)55-38-32-49(54-24-13-17-45-16-4-5-20-53(45)54)42-62(55)65(51-36-30-44(31-37-51)48-33-39-64-59(41-48)58-23-8-11-27-63(58)67-64)50-34-28-43(29-35-50)47-18-12-19-52(40-47)66-60-25-9-6-21-56(60)57-22-7-10-26-61(57)66/h1-42H. The third kappa shape index (κ3) is 6.67. The van der Waals surface area contributed by atoms with Crippen LogP contribution in [0.5, 0.6) is 0 Å². The van der Waals surface area contributed by atoms with E-state index in [2.05, 4.69) is 252 Å². The molecular weight excluding hydrogens is 813 g/mol. The molecule has 0 bridgehead atoms. The molecule has 3 heteroatoms. The monoisotopic (exact) mass is 854 g/mol. The van der Waals surface area contributed by atoms with Gasteiger partial charge in [-0.1, -0.05) is 182 Å². The molecule has 67 heavy (non-hydrogen) atoms. The van der Waals surface area contributed by atoms with E-state index in [9.17, 15) is 0 Å². The van der Waals surface area contributed by atoms with Gasteiger partial charge in [-0.2, -0.15) is 0 Å². The van der Waals surface area contributed by atoms with Crippen molar-refractivity contribution in [3.63, 3.8) is 0 Å². The highest BCUT2D eigenvalue weighted by Crippen LogP contribution is 2.45. The Morgan fingerprint density at radius 3 is 1.57 bits per heavy atom. The van der Waals surface area contributed by atoms with E-state index in [1.165, 1.54) is 38.1 Å². The fourth-order valence-corrected chi connectivity index (χ4v) is 10.2. The maximum atomic E-state index is 6.19. The summed E-state index contributed by atoms with van der Waals surface area (Å²) in [6, 6.07) is 92.1. The average Bonchev–Trinajstić information content (AvgIpc) is 3.95. The molecule has 0 spiro atoms. The molecule has 2 heterocycles. The van der Waals surface area contributed by atoms with Crippen LogP contribution in [0.1, 0.15) is 0 Å². The highest BCUT2D eigenvalue weighted by molar-refractivity contribution is 6.09. The van der Waals surface area contributed by atoms with Gasteiger partial charge in [-0.05, 0) is 123 Å². The summed E-state index contributed by atoms with van der Waals surface area (Å²) < 4.78 is 8.57. The van der Waals surface area contributed by atoms with Crippen LogP contribution in [0.25, 0.3) is 105 Å². The van der Waals surface area contributed by atoms with Gasteiger partial charge in [-0.3, -0.25) is 0 Å². The first-order chi connectivity index (χ1) is 33.2. The molecule has 2 aromatic heterocycles. The van der Waals surface area contributed by atoms with Gasteiger partial charge in [0.15, 0.2) is 0 Å². The van der Waals surface area contributed by atoms with Gasteiger partial charge in [0.05, 0.1) is 16.7 Å². The van der Waals surface area contributed by atoms with Crippen molar-refractivity contribution < 1.29 is 4.42 Å². The lowest BCUT2D eigenvalue weighted by atomic mass is 9.94. The van der Waals surface area contributed by atoms with E-state index in [0.29, 0.717) is 0 Å². The van der Waals surface area contributed by atoms with E-state index in [0.717, 1.165) is 83.6 Å². The fourth-order valence-electron chi connectivity index (χ4n) is 10.2. The second-order valence-electron chi connectivity index (χ2n) is 17.3. The number of fused-ring (bicyclic) bond motifs is 7. The Labute approximate surface area is 388 Å². The minimum Gasteiger partial charge on any atom is -0.456 e. The molecule has 0 aliphatic heterocycles. The summed E-state index contributed by atoms with van der Waals surface area (Å²) in [7, 11) is 0. The van der Waals surface area contributed by atoms with Gasteiger partial charge in [-0.15, -0.1) is 0 Å². The molecule has 314 valence electrons. The first-order valence-corrected chi connectivity index (χ1v) is 22.9. The van der Waals surface area contributed by atoms with Crippen LogP contribution in [-0.2, 0) is 0 Å². The Morgan fingerprint density at radius 2 is 0.836 bits per heavy atom. The molecule has 13 rings (SSSR count). The Morgan fingerprint density at radius 1 is 0.299 bits per heavy atom. The number of nitrogens with zero attached hydrogens (tertiary/aromatic N) is 2. The number of aromatic nitrogens is 1. The molecule has 0 atom stereocenters. The molecule has 0 N–H and O–H groups in total. The van der Waals surface area contributed by atoms with Crippen LogP contribution >= 0.6 is 0 Å². The zero-order chi connectivity index (χ0) is 44.3. The number of hydrogen-bond acceptors (Lipinski definition) is 2. The number of para-hydroxylation sites is 3. The normalized spacial score (nSPS) is 11.6. The summed E-state index contributed by atoms with van der Waals surface area (Å²) in [5, 5.41) is 7.22. The van der Waals surface area contributed by atoms with Gasteiger partial charge >= 0.3 is 0 Å². The maximum Gasteiger partial charge on any atom is 0.135 e. The van der Waals surface area contributed by atoms with Gasteiger partial charge in [0.1, 0.15) is 11.2 Å². The molecule has 0 aliphatic carbocycles. The molecule has 0 aliphatic rings. The molecule has 13 aromatic rings. The topological polar surface area (TPSA) is 21.3 Å². The summed E-state index contributed by atoms with van der Waals surface area (Å²) in [5.41, 5.74) is 17.8. The van der Waals surface area contributed by atoms with Crippen LogP contribution in [0.3, 0.4) is 0 Å². The first kappa shape index (κ1) is 38.5. The van der Waals surface area contributed by atoms with Crippen molar-refractivity contribution in [1.29, 1.82) is 0 Å². The number of benzene rings is 11. The Hall–Kier alpha value is -8.92. The number of furan rings is 1. The van der Waals surface area contributed by atoms with Crippen molar-refractivity contribution in [2.45, 2.75) is 0 Å². The number of hydrogen-bond donors (Lipinski definition) is 0. The van der Waals surface area contributed by atoms with Crippen LogP contribution in [0, 0.1) is 0 Å². The summed E-state index contributed by atoms with van der Waals surface area (Å²) in [5.74, 6) is 0. The molecule has 0 fully saturated rings. The Balaban J connectivity index is 0.957. The van der Waals surface area contributed by atoms with Crippen molar-refractivity contribution in [2.75, 3.05) is 4.90 Å². The van der Waals surface area contributed by atoms with Crippen LogP contribution in [0.2, 0.25) is 0 Å². The highest BCUT2D eigenvalue weighted by atomic mass is 16.3. The summed E-state index contributed by atoms with van der Waals surface area (Å²) in [6.45, 7) is 0. The fraction of sp³-hybridized carbons (Fsp3) is 0. The molecule has 11 aromatic carbocycles. The molecular formula is C64H42N2O. The number of rotatable bonds is 8. The van der Waals surface area contributed by atoms with Crippen LogP contribution in [0.15, 0.2) is 259 Å². The number of anilines is 3. The Kier molecular flexibility index (Phi) is 9.17. The second kappa shape index (κ2) is 16.0. The zero-order valence-corrected chi connectivity index (χ0v) is 36.6. The van der Waals surface area contributed by atoms with E-state index >= 15 is 0 Å². The molecule has 0 saturated heterocycles. The van der Waals surface area contributed by atoms with E-state index in [1.54, 1.807) is 0 Å². The van der Waals surface area contributed by atoms with E-state index in [4.69, 9.17) is 4.42 Å². The predicted octanol–water partition coefficient (Wildman–Crippen LogP) is 18.0. The average molecular weight is 855 g/mol. The first-order valence-electron chi connectivity index (χ1n) is 22.9. The molecule has 0 unspecified atom stereocenters. The van der Waals surface area contributed by atoms with E-state index in [-0.39, 0.29) is 0 Å². The van der Waals surface area contributed by atoms with E-state index in [1.807, 2.05) is 12.1 Å². The van der Waals surface area contributed by atoms with Crippen LogP contribution < -0.4 is 4.90 Å². The minimum atomic E-state index is 0.897. The lowest BCUT2D eigenvalue weighted by molar-refractivity contribution is 0.669. The molecule has 0 saturated carbocycles. The SMILES string of the molecule is c1ccc(-c2ccc(-c3cccc4ccccc34)cc2N(c2ccc(-c3cccc(-n4c5ccccc5c5ccccc54)c3)cc2)c2ccc(-c3ccc4oc5ccccc5c4c3)cc2)cc1. The van der Waals surface area contributed by atoms with Gasteiger partial charge in [0.2, 0.25) is 0 Å². The lowest BCUT2D eigenvalue weighted by Gasteiger charge is -2.29. The smallest absolute Gasteiger partial charge is 0.135 e. The van der Waals surface area contributed by atoms with E-state index < -0.39 is 0 Å². The van der Waals surface area contributed by atoms with Crippen LogP contribution in [0.4, 0.5) is 17.1 Å². The van der Waals surface area contributed by atoms with Crippen LogP contribution in [-0.4, -0.2) is 4.57 Å². The van der Waals surface area contributed by atoms with Gasteiger partial charge in [-0.25, -0.2) is 0 Å². The largest absolute Gasteiger partial charge is 0.456 e. The Bertz CT molecular complexity index is 3910. The van der Waals surface area contributed by atoms with Crippen molar-refractivity contribution in [1.82, 2.24) is 4.57 Å². The van der Waals surface area contributed by atoms with Gasteiger partial charge in [0, 0.05) is 44.2 Å². The maximum absolute atomic E-state index is 6.19. The predicted molar refractivity (Wildman–Crippen MR) is 282 cm³/mol. The molecule has 0 amide bonds. The lowest BCUT2D eigenvalue weighted by Crippen LogP contribution is -2.11. The van der Waals surface area contributed by atoms with Crippen molar-refractivity contribution in [2.24, 2.45) is 0 Å². The van der Waals surface area contributed by atoms with Crippen molar-refractivity contribution in [3.05, 3.63) is 255 Å². The quantitative estimate of drug-likeness (QED) is 0.152. The van der Waals surface area contributed by atoms with Gasteiger partial charge < -0.3 is 13.9 Å². The summed E-state index contributed by atoms with van der Waals surface area (Å²) in [6.07, 6.45) is 0. The minimum absolute atomic E-state index is 0.897. The summed E-state index contributed by atoms with van der Waals surface area (Å²) in [4.78, 5) is 2.42. The molecule has 3 nitrogen and oxygen atoms in total. The third-order valence-corrected chi connectivity index (χ3v) is 13.4. The summed E-state index contributed by atoms with van der Waals surface area (Å²) >= 11 is 0.